The maximum Gasteiger partial charge on any atom is 0.211 e. The molecule has 0 aliphatic rings. The summed E-state index contributed by atoms with van der Waals surface area (Å²) in [4.78, 5) is 0. The Hall–Kier alpha value is -2.53. The first-order valence-corrected chi connectivity index (χ1v) is 6.61. The van der Waals surface area contributed by atoms with Gasteiger partial charge in [-0.15, -0.1) is 5.10 Å². The molecule has 2 aromatic carbocycles. The first kappa shape index (κ1) is 14.9. The van der Waals surface area contributed by atoms with Crippen LogP contribution in [0, 0.1) is 0 Å². The number of hydrogen-bond donors (Lipinski definition) is 2. The van der Waals surface area contributed by atoms with E-state index < -0.39 is 0 Å². The first-order valence-electron chi connectivity index (χ1n) is 6.23. The molecule has 0 spiro atoms. The summed E-state index contributed by atoms with van der Waals surface area (Å²) < 4.78 is 5.68. The Kier molecular flexibility index (Phi) is 5.17. The predicted molar refractivity (Wildman–Crippen MR) is 85.6 cm³/mol. The summed E-state index contributed by atoms with van der Waals surface area (Å²) >= 11 is 6.17. The average molecular weight is 303 g/mol. The maximum absolute atomic E-state index is 6.17. The van der Waals surface area contributed by atoms with Gasteiger partial charge in [-0.2, -0.15) is 5.10 Å². The number of hydrogen-bond acceptors (Lipinski definition) is 3. The van der Waals surface area contributed by atoms with Gasteiger partial charge in [-0.25, -0.2) is 0 Å². The lowest BCUT2D eigenvalue weighted by Gasteiger charge is -2.08. The van der Waals surface area contributed by atoms with Gasteiger partial charge in [0.15, 0.2) is 0 Å². The minimum atomic E-state index is -0.0971. The molecule has 0 saturated heterocycles. The van der Waals surface area contributed by atoms with Gasteiger partial charge in [0.25, 0.3) is 0 Å². The summed E-state index contributed by atoms with van der Waals surface area (Å²) in [6, 6.07) is 15.2. The predicted octanol–water partition coefficient (Wildman–Crippen LogP) is 2.53. The molecule has 2 aromatic rings. The molecule has 6 heteroatoms. The first-order chi connectivity index (χ1) is 10.1. The Labute approximate surface area is 127 Å². The van der Waals surface area contributed by atoms with Gasteiger partial charge < -0.3 is 16.2 Å². The van der Waals surface area contributed by atoms with Crippen LogP contribution in [-0.4, -0.2) is 12.2 Å². The summed E-state index contributed by atoms with van der Waals surface area (Å²) in [5, 5.41) is 7.73. The quantitative estimate of drug-likeness (QED) is 0.505. The van der Waals surface area contributed by atoms with Crippen molar-refractivity contribution in [1.82, 2.24) is 0 Å². The van der Waals surface area contributed by atoms with E-state index in [2.05, 4.69) is 10.2 Å². The third kappa shape index (κ3) is 4.81. The molecule has 0 heterocycles. The van der Waals surface area contributed by atoms with Crippen LogP contribution in [0.4, 0.5) is 0 Å². The van der Waals surface area contributed by atoms with Crippen molar-refractivity contribution >= 4 is 23.8 Å². The number of halogens is 1. The van der Waals surface area contributed by atoms with Crippen molar-refractivity contribution in [3.05, 3.63) is 64.7 Å². The van der Waals surface area contributed by atoms with Gasteiger partial charge in [-0.3, -0.25) is 0 Å². The summed E-state index contributed by atoms with van der Waals surface area (Å²) in [6.45, 7) is 0.460. The van der Waals surface area contributed by atoms with Gasteiger partial charge >= 0.3 is 0 Å². The van der Waals surface area contributed by atoms with Crippen LogP contribution in [0.2, 0.25) is 5.02 Å². The summed E-state index contributed by atoms with van der Waals surface area (Å²) in [7, 11) is 0. The third-order valence-corrected chi connectivity index (χ3v) is 2.87. The maximum atomic E-state index is 6.17. The van der Waals surface area contributed by atoms with Gasteiger partial charge in [0.2, 0.25) is 5.96 Å². The van der Waals surface area contributed by atoms with E-state index in [4.69, 9.17) is 27.8 Å². The Morgan fingerprint density at radius 3 is 2.57 bits per heavy atom. The summed E-state index contributed by atoms with van der Waals surface area (Å²) in [6.07, 6.45) is 1.51. The molecule has 108 valence electrons. The van der Waals surface area contributed by atoms with Crippen LogP contribution in [-0.2, 0) is 6.61 Å². The zero-order valence-electron chi connectivity index (χ0n) is 11.2. The molecule has 0 aliphatic carbocycles. The number of ether oxygens (including phenoxy) is 1. The molecule has 0 radical (unpaired) electrons. The van der Waals surface area contributed by atoms with Gasteiger partial charge in [-0.1, -0.05) is 41.9 Å². The zero-order valence-corrected chi connectivity index (χ0v) is 12.0. The van der Waals surface area contributed by atoms with Crippen LogP contribution < -0.4 is 16.2 Å². The Morgan fingerprint density at radius 2 is 1.90 bits per heavy atom. The van der Waals surface area contributed by atoms with Crippen molar-refractivity contribution in [3.63, 3.8) is 0 Å². The molecule has 0 bridgehead atoms. The molecule has 0 atom stereocenters. The lowest BCUT2D eigenvalue weighted by Crippen LogP contribution is -2.21. The van der Waals surface area contributed by atoms with Gasteiger partial charge in [0.1, 0.15) is 12.4 Å². The molecule has 4 N–H and O–H groups in total. The lowest BCUT2D eigenvalue weighted by molar-refractivity contribution is 0.306. The molecule has 0 amide bonds. The smallest absolute Gasteiger partial charge is 0.211 e. The second-order valence-corrected chi connectivity index (χ2v) is 4.64. The highest BCUT2D eigenvalue weighted by Gasteiger charge is 2.02. The summed E-state index contributed by atoms with van der Waals surface area (Å²) in [5.41, 5.74) is 12.2. The van der Waals surface area contributed by atoms with Crippen molar-refractivity contribution in [2.45, 2.75) is 6.61 Å². The van der Waals surface area contributed by atoms with Crippen LogP contribution >= 0.6 is 11.6 Å². The van der Waals surface area contributed by atoms with E-state index in [1.165, 1.54) is 6.21 Å². The highest BCUT2D eigenvalue weighted by molar-refractivity contribution is 6.32. The minimum Gasteiger partial charge on any atom is -0.487 e. The molecule has 0 unspecified atom stereocenters. The molecule has 0 aliphatic heterocycles. The third-order valence-electron chi connectivity index (χ3n) is 2.57. The molecular formula is C15H15ClN4O. The molecule has 0 aromatic heterocycles. The highest BCUT2D eigenvalue weighted by atomic mass is 35.5. The van der Waals surface area contributed by atoms with Crippen molar-refractivity contribution in [1.29, 1.82) is 0 Å². The topological polar surface area (TPSA) is 86.0 Å². The van der Waals surface area contributed by atoms with Crippen LogP contribution in [0.15, 0.2) is 58.7 Å². The fourth-order valence-electron chi connectivity index (χ4n) is 1.61. The molecule has 2 rings (SSSR count). The second-order valence-electron chi connectivity index (χ2n) is 4.23. The number of benzene rings is 2. The average Bonchev–Trinajstić information content (AvgIpc) is 2.47. The normalized spacial score (nSPS) is 10.5. The van der Waals surface area contributed by atoms with E-state index >= 15 is 0 Å². The number of nitrogens with two attached hydrogens (primary N) is 2. The fraction of sp³-hybridized carbons (Fsp3) is 0.0667. The van der Waals surface area contributed by atoms with Crippen LogP contribution in [0.25, 0.3) is 0 Å². The Morgan fingerprint density at radius 1 is 1.14 bits per heavy atom. The lowest BCUT2D eigenvalue weighted by atomic mass is 10.2. The van der Waals surface area contributed by atoms with E-state index in [0.29, 0.717) is 17.4 Å². The molecular weight excluding hydrogens is 288 g/mol. The van der Waals surface area contributed by atoms with Gasteiger partial charge in [-0.05, 0) is 29.3 Å². The van der Waals surface area contributed by atoms with E-state index in [0.717, 1.165) is 11.1 Å². The number of guanidine groups is 1. The molecule has 21 heavy (non-hydrogen) atoms. The van der Waals surface area contributed by atoms with Crippen LogP contribution in [0.1, 0.15) is 11.1 Å². The second kappa shape index (κ2) is 7.31. The van der Waals surface area contributed by atoms with Crippen molar-refractivity contribution in [3.8, 4) is 5.75 Å². The monoisotopic (exact) mass is 302 g/mol. The van der Waals surface area contributed by atoms with Crippen LogP contribution in [0.3, 0.4) is 0 Å². The largest absolute Gasteiger partial charge is 0.487 e. The van der Waals surface area contributed by atoms with Gasteiger partial charge in [0, 0.05) is 0 Å². The van der Waals surface area contributed by atoms with Crippen LogP contribution in [0.5, 0.6) is 5.75 Å². The highest BCUT2D eigenvalue weighted by Crippen LogP contribution is 2.25. The Bertz CT molecular complexity index is 652. The standard InChI is InChI=1S/C15H15ClN4O/c16-13-8-12(9-19-20-15(17)18)6-7-14(13)21-10-11-4-2-1-3-5-11/h1-9H,10H2,(H4,17,18,20)/b19-9+. The SMILES string of the molecule is NC(N)=N/N=C/c1ccc(OCc2ccccc2)c(Cl)c1. The molecule has 0 fully saturated rings. The van der Waals surface area contributed by atoms with E-state index in [9.17, 15) is 0 Å². The number of rotatable bonds is 5. The summed E-state index contributed by atoms with van der Waals surface area (Å²) in [5.74, 6) is 0.514. The van der Waals surface area contributed by atoms with E-state index in [1.807, 2.05) is 36.4 Å². The van der Waals surface area contributed by atoms with Crippen molar-refractivity contribution < 1.29 is 4.74 Å². The van der Waals surface area contributed by atoms with Crippen molar-refractivity contribution in [2.75, 3.05) is 0 Å². The van der Waals surface area contributed by atoms with E-state index in [-0.39, 0.29) is 5.96 Å². The zero-order chi connectivity index (χ0) is 15.1. The molecule has 0 saturated carbocycles. The van der Waals surface area contributed by atoms with Gasteiger partial charge in [0.05, 0.1) is 11.2 Å². The number of nitrogens with zero attached hydrogens (tertiary/aromatic N) is 2. The fourth-order valence-corrected chi connectivity index (χ4v) is 1.86. The molecule has 5 nitrogen and oxygen atoms in total. The minimum absolute atomic E-state index is 0.0971. The van der Waals surface area contributed by atoms with E-state index in [1.54, 1.807) is 12.1 Å². The van der Waals surface area contributed by atoms with Crippen molar-refractivity contribution in [2.24, 2.45) is 21.7 Å². The Balaban J connectivity index is 2.02.